The summed E-state index contributed by atoms with van der Waals surface area (Å²) in [6, 6.07) is 0.343. The van der Waals surface area contributed by atoms with E-state index in [-0.39, 0.29) is 29.2 Å². The molecule has 1 unspecified atom stereocenters. The van der Waals surface area contributed by atoms with Crippen LogP contribution in [0.5, 0.6) is 0 Å². The van der Waals surface area contributed by atoms with Gasteiger partial charge >= 0.3 is 0 Å². The summed E-state index contributed by atoms with van der Waals surface area (Å²) in [6.45, 7) is 0. The largest absolute Gasteiger partial charge is 0.353 e. The van der Waals surface area contributed by atoms with Crippen molar-refractivity contribution in [1.29, 1.82) is 0 Å². The molecule has 2 aliphatic rings. The standard InChI is InChI=1S/C18H28BrCl2N2O2/c19-11-14(17(24)22-12-7-3-1-4-8-12)15(16(20)21)18(25)23-13-9-5-2-6-10-13/h12-13,15-16H,1-11H2,(H,22,24)(H,23,25). The van der Waals surface area contributed by atoms with Crippen molar-refractivity contribution in [2.75, 3.05) is 5.33 Å². The van der Waals surface area contributed by atoms with Gasteiger partial charge < -0.3 is 10.6 Å². The van der Waals surface area contributed by atoms with Gasteiger partial charge in [-0.2, -0.15) is 0 Å². The van der Waals surface area contributed by atoms with E-state index in [2.05, 4.69) is 26.6 Å². The van der Waals surface area contributed by atoms with Crippen LogP contribution < -0.4 is 10.6 Å². The van der Waals surface area contributed by atoms with E-state index in [1.165, 1.54) is 12.8 Å². The molecule has 0 aliphatic heterocycles. The molecule has 7 heteroatoms. The lowest BCUT2D eigenvalue weighted by atomic mass is 9.90. The molecule has 0 heterocycles. The second-order valence-electron chi connectivity index (χ2n) is 7.12. The molecule has 2 rings (SSSR count). The fourth-order valence-electron chi connectivity index (χ4n) is 3.77. The first-order chi connectivity index (χ1) is 12.0. The summed E-state index contributed by atoms with van der Waals surface area (Å²) < 4.78 is 0. The van der Waals surface area contributed by atoms with Crippen LogP contribution in [-0.4, -0.2) is 34.1 Å². The van der Waals surface area contributed by atoms with Crippen LogP contribution in [0.3, 0.4) is 0 Å². The molecule has 0 spiro atoms. The third kappa shape index (κ3) is 6.59. The molecular formula is C18H28BrCl2N2O2. The topological polar surface area (TPSA) is 58.2 Å². The number of alkyl halides is 3. The molecule has 2 N–H and O–H groups in total. The molecule has 0 aromatic heterocycles. The van der Waals surface area contributed by atoms with E-state index < -0.39 is 10.8 Å². The molecule has 2 fully saturated rings. The summed E-state index contributed by atoms with van der Waals surface area (Å²) in [7, 11) is 0. The highest BCUT2D eigenvalue weighted by atomic mass is 79.9. The minimum Gasteiger partial charge on any atom is -0.353 e. The third-order valence-electron chi connectivity index (χ3n) is 5.24. The molecular weight excluding hydrogens is 427 g/mol. The first-order valence-corrected chi connectivity index (χ1v) is 11.3. The number of hydrogen-bond acceptors (Lipinski definition) is 2. The van der Waals surface area contributed by atoms with Crippen molar-refractivity contribution in [2.45, 2.75) is 81.1 Å². The summed E-state index contributed by atoms with van der Waals surface area (Å²) in [6.07, 6.45) is 10.9. The van der Waals surface area contributed by atoms with Crippen LogP contribution in [0.4, 0.5) is 0 Å². The third-order valence-corrected chi connectivity index (χ3v) is 6.35. The summed E-state index contributed by atoms with van der Waals surface area (Å²) in [5, 5.41) is 6.39. The predicted octanol–water partition coefficient (Wildman–Crippen LogP) is 4.27. The van der Waals surface area contributed by atoms with Gasteiger partial charge in [0.05, 0.1) is 11.8 Å². The van der Waals surface area contributed by atoms with Crippen molar-refractivity contribution in [3.8, 4) is 0 Å². The van der Waals surface area contributed by atoms with Crippen LogP contribution in [0.15, 0.2) is 0 Å². The predicted molar refractivity (Wildman–Crippen MR) is 106 cm³/mol. The zero-order chi connectivity index (χ0) is 18.2. The highest BCUT2D eigenvalue weighted by molar-refractivity contribution is 9.09. The Morgan fingerprint density at radius 1 is 0.880 bits per heavy atom. The first kappa shape index (κ1) is 21.3. The lowest BCUT2D eigenvalue weighted by Crippen LogP contribution is -2.49. The Bertz CT molecular complexity index is 439. The van der Waals surface area contributed by atoms with Crippen LogP contribution >= 0.6 is 39.1 Å². The van der Waals surface area contributed by atoms with Crippen molar-refractivity contribution >= 4 is 50.9 Å². The van der Waals surface area contributed by atoms with E-state index in [0.29, 0.717) is 5.92 Å². The maximum Gasteiger partial charge on any atom is 0.229 e. The first-order valence-electron chi connectivity index (χ1n) is 9.34. The van der Waals surface area contributed by atoms with Crippen molar-refractivity contribution in [3.63, 3.8) is 0 Å². The molecule has 0 bridgehead atoms. The molecule has 0 aromatic carbocycles. The fourth-order valence-corrected chi connectivity index (χ4v) is 4.91. The zero-order valence-electron chi connectivity index (χ0n) is 14.5. The number of rotatable bonds is 7. The Balaban J connectivity index is 1.98. The Kier molecular flexibility index (Phi) is 9.36. The minimum absolute atomic E-state index is 0.161. The zero-order valence-corrected chi connectivity index (χ0v) is 17.6. The van der Waals surface area contributed by atoms with Gasteiger partial charge in [-0.1, -0.05) is 54.5 Å². The molecule has 2 saturated carbocycles. The van der Waals surface area contributed by atoms with Gasteiger partial charge in [0.2, 0.25) is 11.8 Å². The van der Waals surface area contributed by atoms with E-state index in [0.717, 1.165) is 51.4 Å². The van der Waals surface area contributed by atoms with Gasteiger partial charge in [0.15, 0.2) is 0 Å². The number of carbonyl (C=O) groups is 2. The summed E-state index contributed by atoms with van der Waals surface area (Å²) in [5.41, 5.74) is 0. The fraction of sp³-hybridized carbons (Fsp3) is 0.833. The molecule has 25 heavy (non-hydrogen) atoms. The highest BCUT2D eigenvalue weighted by Gasteiger charge is 2.39. The van der Waals surface area contributed by atoms with Gasteiger partial charge in [0, 0.05) is 17.4 Å². The molecule has 0 aromatic rings. The number of carbonyl (C=O) groups excluding carboxylic acids is 2. The number of amides is 2. The van der Waals surface area contributed by atoms with Gasteiger partial charge in [0.25, 0.3) is 0 Å². The maximum absolute atomic E-state index is 12.7. The Hall–Kier alpha value is -0.000000000000000111. The molecule has 2 aliphatic carbocycles. The van der Waals surface area contributed by atoms with Crippen LogP contribution in [0.2, 0.25) is 0 Å². The average molecular weight is 455 g/mol. The van der Waals surface area contributed by atoms with Crippen molar-refractivity contribution in [2.24, 2.45) is 5.92 Å². The van der Waals surface area contributed by atoms with E-state index >= 15 is 0 Å². The maximum atomic E-state index is 12.7. The van der Waals surface area contributed by atoms with Gasteiger partial charge in [-0.25, -0.2) is 0 Å². The second-order valence-corrected chi connectivity index (χ2v) is 8.85. The second kappa shape index (κ2) is 11.0. The van der Waals surface area contributed by atoms with Gasteiger partial charge in [0.1, 0.15) is 4.84 Å². The van der Waals surface area contributed by atoms with E-state index in [1.54, 1.807) is 0 Å². The summed E-state index contributed by atoms with van der Waals surface area (Å²) in [5.74, 6) is -0.865. The number of halogens is 3. The molecule has 1 radical (unpaired) electrons. The smallest absolute Gasteiger partial charge is 0.229 e. The van der Waals surface area contributed by atoms with Crippen LogP contribution in [0.25, 0.3) is 0 Å². The van der Waals surface area contributed by atoms with Gasteiger partial charge in [-0.05, 0) is 25.7 Å². The monoisotopic (exact) mass is 453 g/mol. The Labute approximate surface area is 169 Å². The molecule has 4 nitrogen and oxygen atoms in total. The quantitative estimate of drug-likeness (QED) is 0.564. The normalized spacial score (nSPS) is 21.3. The van der Waals surface area contributed by atoms with Crippen molar-refractivity contribution in [3.05, 3.63) is 5.92 Å². The lowest BCUT2D eigenvalue weighted by Gasteiger charge is -2.30. The van der Waals surface area contributed by atoms with Crippen LogP contribution in [0, 0.1) is 11.8 Å². The van der Waals surface area contributed by atoms with Gasteiger partial charge in [-0.3, -0.25) is 9.59 Å². The lowest BCUT2D eigenvalue weighted by molar-refractivity contribution is -0.128. The molecule has 1 atom stereocenters. The molecule has 143 valence electrons. The van der Waals surface area contributed by atoms with E-state index in [4.69, 9.17) is 23.2 Å². The molecule has 0 saturated heterocycles. The Morgan fingerprint density at radius 2 is 1.36 bits per heavy atom. The highest BCUT2D eigenvalue weighted by Crippen LogP contribution is 2.29. The summed E-state index contributed by atoms with van der Waals surface area (Å²) >= 11 is 15.5. The molecule has 2 amide bonds. The van der Waals surface area contributed by atoms with E-state index in [9.17, 15) is 9.59 Å². The van der Waals surface area contributed by atoms with Crippen LogP contribution in [-0.2, 0) is 9.59 Å². The summed E-state index contributed by atoms with van der Waals surface area (Å²) in [4.78, 5) is 24.5. The van der Waals surface area contributed by atoms with Crippen molar-refractivity contribution < 1.29 is 9.59 Å². The number of hydrogen-bond donors (Lipinski definition) is 2. The van der Waals surface area contributed by atoms with Crippen molar-refractivity contribution in [1.82, 2.24) is 10.6 Å². The SMILES string of the molecule is O=C(NC1CCCCC1)[C](CBr)C(C(=O)NC1CCCCC1)C(Cl)Cl. The number of nitrogens with one attached hydrogen (secondary N) is 2. The Morgan fingerprint density at radius 3 is 1.80 bits per heavy atom. The van der Waals surface area contributed by atoms with Gasteiger partial charge in [-0.15, -0.1) is 23.2 Å². The van der Waals surface area contributed by atoms with Crippen LogP contribution in [0.1, 0.15) is 64.2 Å². The van der Waals surface area contributed by atoms with E-state index in [1.807, 2.05) is 0 Å². The average Bonchev–Trinajstić information content (AvgIpc) is 2.60. The minimum atomic E-state index is -0.951.